The summed E-state index contributed by atoms with van der Waals surface area (Å²) in [6.07, 6.45) is 1.69. The molecular weight excluding hydrogens is 130 g/mol. The normalized spacial score (nSPS) is 9.00. The van der Waals surface area contributed by atoms with Crippen LogP contribution in [0.2, 0.25) is 0 Å². The number of nitrogens with two attached hydrogens (primary N) is 1. The highest BCUT2D eigenvalue weighted by molar-refractivity contribution is 5.73. The predicted octanol–water partition coefficient (Wildman–Crippen LogP) is 0.504. The molecule has 0 aliphatic rings. The molecule has 2 amide bonds. The van der Waals surface area contributed by atoms with Crippen LogP contribution in [-0.2, 0) is 0 Å². The first-order valence-electron chi connectivity index (χ1n) is 3.04. The first-order valence-corrected chi connectivity index (χ1v) is 3.04. The highest BCUT2D eigenvalue weighted by Crippen LogP contribution is 1.95. The lowest BCUT2D eigenvalue weighted by atomic mass is 10.2. The van der Waals surface area contributed by atoms with Crippen molar-refractivity contribution in [2.75, 3.05) is 6.54 Å². The molecule has 0 aliphatic heterocycles. The minimum Gasteiger partial charge on any atom is -0.351 e. The number of rotatable bonds is 2. The van der Waals surface area contributed by atoms with E-state index in [9.17, 15) is 4.79 Å². The van der Waals surface area contributed by atoms with Gasteiger partial charge in [-0.25, -0.2) is 9.69 Å². The van der Waals surface area contributed by atoms with Gasteiger partial charge in [0.1, 0.15) is 0 Å². The minimum atomic E-state index is -0.684. The monoisotopic (exact) mass is 141 g/mol. The second-order valence-corrected chi connectivity index (χ2v) is 2.44. The molecule has 0 spiro atoms. The smallest absolute Gasteiger partial charge is 0.327 e. The van der Waals surface area contributed by atoms with Crippen molar-refractivity contribution < 1.29 is 4.79 Å². The summed E-state index contributed by atoms with van der Waals surface area (Å²) in [5.41, 5.74) is 4.86. The SMILES string of the molecule is CC(C)CN(C#N)C(N)=O. The number of hydrogen-bond donors (Lipinski definition) is 1. The van der Waals surface area contributed by atoms with Gasteiger partial charge < -0.3 is 5.73 Å². The lowest BCUT2D eigenvalue weighted by molar-refractivity contribution is 0.222. The van der Waals surface area contributed by atoms with Crippen LogP contribution < -0.4 is 5.73 Å². The fraction of sp³-hybridized carbons (Fsp3) is 0.667. The third-order valence-corrected chi connectivity index (χ3v) is 0.934. The fourth-order valence-electron chi connectivity index (χ4n) is 0.545. The maximum Gasteiger partial charge on any atom is 0.327 e. The number of hydrogen-bond acceptors (Lipinski definition) is 2. The molecule has 0 heterocycles. The van der Waals surface area contributed by atoms with E-state index in [2.05, 4.69) is 0 Å². The van der Waals surface area contributed by atoms with Gasteiger partial charge in [0, 0.05) is 6.54 Å². The summed E-state index contributed by atoms with van der Waals surface area (Å²) in [6.45, 7) is 4.21. The molecule has 0 atom stereocenters. The summed E-state index contributed by atoms with van der Waals surface area (Å²) in [4.78, 5) is 11.3. The molecule has 0 unspecified atom stereocenters. The summed E-state index contributed by atoms with van der Waals surface area (Å²) in [5.74, 6) is 0.271. The number of nitrogens with zero attached hydrogens (tertiary/aromatic N) is 2. The molecule has 0 aromatic heterocycles. The summed E-state index contributed by atoms with van der Waals surface area (Å²) in [6, 6.07) is -0.684. The van der Waals surface area contributed by atoms with E-state index in [1.165, 1.54) is 0 Å². The van der Waals surface area contributed by atoms with Crippen LogP contribution in [0, 0.1) is 17.4 Å². The van der Waals surface area contributed by atoms with Crippen LogP contribution >= 0.6 is 0 Å². The van der Waals surface area contributed by atoms with Crippen LogP contribution in [-0.4, -0.2) is 17.5 Å². The molecule has 0 aromatic carbocycles. The van der Waals surface area contributed by atoms with E-state index in [0.29, 0.717) is 6.54 Å². The lowest BCUT2D eigenvalue weighted by Gasteiger charge is -2.11. The molecule has 4 nitrogen and oxygen atoms in total. The lowest BCUT2D eigenvalue weighted by Crippen LogP contribution is -2.34. The molecule has 0 bridgehead atoms. The summed E-state index contributed by atoms with van der Waals surface area (Å²) < 4.78 is 0. The average molecular weight is 141 g/mol. The number of carbonyl (C=O) groups is 1. The molecule has 0 saturated carbocycles. The molecule has 0 fully saturated rings. The Balaban J connectivity index is 3.88. The van der Waals surface area contributed by atoms with Gasteiger partial charge in [-0.05, 0) is 5.92 Å². The second kappa shape index (κ2) is 3.72. The predicted molar refractivity (Wildman–Crippen MR) is 36.7 cm³/mol. The van der Waals surface area contributed by atoms with E-state index in [-0.39, 0.29) is 5.92 Å². The van der Waals surface area contributed by atoms with Gasteiger partial charge in [-0.1, -0.05) is 13.8 Å². The average Bonchev–Trinajstić information content (AvgIpc) is 1.81. The number of primary amides is 1. The Bertz CT molecular complexity index is 159. The molecule has 2 N–H and O–H groups in total. The van der Waals surface area contributed by atoms with Gasteiger partial charge in [-0.3, -0.25) is 0 Å². The van der Waals surface area contributed by atoms with Crippen LogP contribution in [0.5, 0.6) is 0 Å². The molecular formula is C6H11N3O. The van der Waals surface area contributed by atoms with E-state index in [1.54, 1.807) is 6.19 Å². The molecule has 0 aliphatic carbocycles. The van der Waals surface area contributed by atoms with E-state index in [0.717, 1.165) is 4.90 Å². The Morgan fingerprint density at radius 2 is 2.30 bits per heavy atom. The second-order valence-electron chi connectivity index (χ2n) is 2.44. The fourth-order valence-corrected chi connectivity index (χ4v) is 0.545. The maximum absolute atomic E-state index is 10.4. The van der Waals surface area contributed by atoms with Crippen molar-refractivity contribution >= 4 is 6.03 Å². The molecule has 0 rings (SSSR count). The molecule has 10 heavy (non-hydrogen) atoms. The molecule has 56 valence electrons. The van der Waals surface area contributed by atoms with Crippen LogP contribution in [0.15, 0.2) is 0 Å². The van der Waals surface area contributed by atoms with Gasteiger partial charge in [0.2, 0.25) is 0 Å². The Kier molecular flexibility index (Phi) is 3.26. The van der Waals surface area contributed by atoms with Gasteiger partial charge in [0.15, 0.2) is 6.19 Å². The largest absolute Gasteiger partial charge is 0.351 e. The van der Waals surface area contributed by atoms with Gasteiger partial charge in [0.25, 0.3) is 0 Å². The Morgan fingerprint density at radius 3 is 2.40 bits per heavy atom. The van der Waals surface area contributed by atoms with Crippen molar-refractivity contribution in [1.82, 2.24) is 4.90 Å². The van der Waals surface area contributed by atoms with Gasteiger partial charge in [-0.2, -0.15) is 5.26 Å². The van der Waals surface area contributed by atoms with E-state index >= 15 is 0 Å². The third kappa shape index (κ3) is 2.92. The summed E-state index contributed by atoms with van der Waals surface area (Å²) >= 11 is 0. The zero-order valence-electron chi connectivity index (χ0n) is 6.16. The van der Waals surface area contributed by atoms with Gasteiger partial charge in [0.05, 0.1) is 0 Å². The van der Waals surface area contributed by atoms with Crippen LogP contribution in [0.4, 0.5) is 4.79 Å². The highest BCUT2D eigenvalue weighted by atomic mass is 16.2. The molecule has 0 saturated heterocycles. The van der Waals surface area contributed by atoms with Crippen molar-refractivity contribution in [1.29, 1.82) is 5.26 Å². The first kappa shape index (κ1) is 8.76. The van der Waals surface area contributed by atoms with Crippen molar-refractivity contribution in [2.24, 2.45) is 11.7 Å². The van der Waals surface area contributed by atoms with Crippen LogP contribution in [0.25, 0.3) is 0 Å². The zero-order chi connectivity index (χ0) is 8.15. The number of carbonyl (C=O) groups excluding carboxylic acids is 1. The highest BCUT2D eigenvalue weighted by Gasteiger charge is 2.08. The summed E-state index contributed by atoms with van der Waals surface area (Å²) in [7, 11) is 0. The molecule has 0 radical (unpaired) electrons. The van der Waals surface area contributed by atoms with E-state index < -0.39 is 6.03 Å². The van der Waals surface area contributed by atoms with Crippen molar-refractivity contribution in [3.05, 3.63) is 0 Å². The van der Waals surface area contributed by atoms with E-state index in [4.69, 9.17) is 11.0 Å². The summed E-state index contributed by atoms with van der Waals surface area (Å²) in [5, 5.41) is 8.32. The number of nitriles is 1. The van der Waals surface area contributed by atoms with Gasteiger partial charge >= 0.3 is 6.03 Å². The van der Waals surface area contributed by atoms with Crippen LogP contribution in [0.3, 0.4) is 0 Å². The molecule has 4 heteroatoms. The van der Waals surface area contributed by atoms with Gasteiger partial charge in [-0.15, -0.1) is 0 Å². The Labute approximate surface area is 60.2 Å². The van der Waals surface area contributed by atoms with Crippen molar-refractivity contribution in [2.45, 2.75) is 13.8 Å². The first-order chi connectivity index (χ1) is 4.57. The van der Waals surface area contributed by atoms with Crippen LogP contribution in [0.1, 0.15) is 13.8 Å². The standard InChI is InChI=1S/C6H11N3O/c1-5(2)3-9(4-7)6(8)10/h5H,3H2,1-2H3,(H2,8,10). The third-order valence-electron chi connectivity index (χ3n) is 0.934. The molecule has 0 aromatic rings. The Morgan fingerprint density at radius 1 is 1.80 bits per heavy atom. The van der Waals surface area contributed by atoms with Crippen molar-refractivity contribution in [3.8, 4) is 6.19 Å². The minimum absolute atomic E-state index is 0.271. The number of urea groups is 1. The zero-order valence-corrected chi connectivity index (χ0v) is 6.16. The van der Waals surface area contributed by atoms with E-state index in [1.807, 2.05) is 13.8 Å². The maximum atomic E-state index is 10.4. The van der Waals surface area contributed by atoms with Crippen molar-refractivity contribution in [3.63, 3.8) is 0 Å². The number of amides is 2. The quantitative estimate of drug-likeness (QED) is 0.449. The topological polar surface area (TPSA) is 70.1 Å². The Hall–Kier alpha value is -1.24.